The molecule has 1 aromatic rings. The molecule has 0 unspecified atom stereocenters. The van der Waals surface area contributed by atoms with Crippen LogP contribution in [0.15, 0.2) is 10.4 Å². The Hall–Kier alpha value is -1.38. The maximum absolute atomic E-state index is 5.37. The Morgan fingerprint density at radius 3 is 2.83 bits per heavy atom. The Kier molecular flexibility index (Phi) is 8.27. The van der Waals surface area contributed by atoms with E-state index in [1.165, 1.54) is 0 Å². The minimum atomic E-state index is 0.600. The fraction of sp³-hybridized carbons (Fsp3) is 0.750. The molecule has 0 aliphatic carbocycles. The minimum absolute atomic E-state index is 0.600. The van der Waals surface area contributed by atoms with Crippen LogP contribution in [0.25, 0.3) is 0 Å². The van der Waals surface area contributed by atoms with E-state index in [0.29, 0.717) is 6.54 Å². The van der Waals surface area contributed by atoms with E-state index >= 15 is 0 Å². The second kappa shape index (κ2) is 10.5. The van der Waals surface area contributed by atoms with E-state index in [1.807, 2.05) is 19.0 Å². The summed E-state index contributed by atoms with van der Waals surface area (Å²) < 4.78 is 5.37. The molecule has 0 atom stereocenters. The molecule has 24 heavy (non-hydrogen) atoms. The topological polar surface area (TPSA) is 65.0 Å². The highest BCUT2D eigenvalue weighted by Crippen LogP contribution is 2.18. The van der Waals surface area contributed by atoms with Gasteiger partial charge in [0, 0.05) is 45.7 Å². The summed E-state index contributed by atoms with van der Waals surface area (Å²) in [6.07, 6.45) is 1.10. The van der Waals surface area contributed by atoms with Gasteiger partial charge in [-0.05, 0) is 19.9 Å². The Morgan fingerprint density at radius 1 is 1.38 bits per heavy atom. The SMILES string of the molecule is CCNC(=NCc1csc(N(C)C)n1)NCCCN1CCOCC1. The summed E-state index contributed by atoms with van der Waals surface area (Å²) in [6.45, 7) is 9.38. The van der Waals surface area contributed by atoms with E-state index in [4.69, 9.17) is 4.74 Å². The van der Waals surface area contributed by atoms with Crippen molar-refractivity contribution in [2.45, 2.75) is 19.9 Å². The monoisotopic (exact) mass is 354 g/mol. The first kappa shape index (κ1) is 19.0. The molecule has 1 aliphatic heterocycles. The number of nitrogens with zero attached hydrogens (tertiary/aromatic N) is 4. The first-order chi connectivity index (χ1) is 11.7. The smallest absolute Gasteiger partial charge is 0.191 e. The lowest BCUT2D eigenvalue weighted by atomic mass is 10.3. The van der Waals surface area contributed by atoms with Gasteiger partial charge in [-0.1, -0.05) is 0 Å². The highest BCUT2D eigenvalue weighted by Gasteiger charge is 2.09. The van der Waals surface area contributed by atoms with Crippen LogP contribution in [0.4, 0.5) is 5.13 Å². The van der Waals surface area contributed by atoms with Crippen LogP contribution in [0.2, 0.25) is 0 Å². The summed E-state index contributed by atoms with van der Waals surface area (Å²) in [7, 11) is 4.01. The maximum atomic E-state index is 5.37. The molecule has 1 aromatic heterocycles. The van der Waals surface area contributed by atoms with E-state index in [1.54, 1.807) is 11.3 Å². The Labute approximate surface area is 149 Å². The Morgan fingerprint density at radius 2 is 2.17 bits per heavy atom. The lowest BCUT2D eigenvalue weighted by molar-refractivity contribution is 0.0376. The average molecular weight is 355 g/mol. The van der Waals surface area contributed by atoms with Crippen LogP contribution < -0.4 is 15.5 Å². The first-order valence-corrected chi connectivity index (χ1v) is 9.51. The molecule has 1 fully saturated rings. The summed E-state index contributed by atoms with van der Waals surface area (Å²) in [6, 6.07) is 0. The van der Waals surface area contributed by atoms with Crippen molar-refractivity contribution in [2.75, 3.05) is 64.9 Å². The average Bonchev–Trinajstić information content (AvgIpc) is 3.06. The van der Waals surface area contributed by atoms with E-state index in [2.05, 4.69) is 37.8 Å². The van der Waals surface area contributed by atoms with Gasteiger partial charge in [-0.25, -0.2) is 9.98 Å². The largest absolute Gasteiger partial charge is 0.379 e. The lowest BCUT2D eigenvalue weighted by Gasteiger charge is -2.26. The van der Waals surface area contributed by atoms with Gasteiger partial charge in [0.25, 0.3) is 0 Å². The molecule has 0 spiro atoms. The molecule has 2 heterocycles. The van der Waals surface area contributed by atoms with Gasteiger partial charge in [0.15, 0.2) is 11.1 Å². The zero-order valence-corrected chi connectivity index (χ0v) is 15.9. The Bertz CT molecular complexity index is 499. The van der Waals surface area contributed by atoms with Crippen LogP contribution in [0.5, 0.6) is 0 Å². The highest BCUT2D eigenvalue weighted by molar-refractivity contribution is 7.13. The second-order valence-corrected chi connectivity index (χ2v) is 6.78. The predicted molar refractivity (Wildman–Crippen MR) is 101 cm³/mol. The fourth-order valence-electron chi connectivity index (χ4n) is 2.41. The molecule has 2 rings (SSSR count). The van der Waals surface area contributed by atoms with E-state index in [0.717, 1.165) is 69.1 Å². The minimum Gasteiger partial charge on any atom is -0.379 e. The molecule has 0 radical (unpaired) electrons. The summed E-state index contributed by atoms with van der Waals surface area (Å²) in [5.41, 5.74) is 1.01. The standard InChI is InChI=1S/C16H30N6OS/c1-4-17-15(18-6-5-7-22-8-10-23-11-9-22)19-12-14-13-24-16(20-14)21(2)3/h13H,4-12H2,1-3H3,(H2,17,18,19). The molecule has 7 nitrogen and oxygen atoms in total. The normalized spacial score (nSPS) is 16.2. The van der Waals surface area contributed by atoms with Gasteiger partial charge < -0.3 is 20.3 Å². The van der Waals surface area contributed by atoms with Crippen LogP contribution >= 0.6 is 11.3 Å². The number of nitrogens with one attached hydrogen (secondary N) is 2. The van der Waals surface area contributed by atoms with E-state index < -0.39 is 0 Å². The third-order valence-corrected chi connectivity index (χ3v) is 4.77. The van der Waals surface area contributed by atoms with Gasteiger partial charge in [-0.3, -0.25) is 4.90 Å². The fourth-order valence-corrected chi connectivity index (χ4v) is 3.16. The Balaban J connectivity index is 1.73. The van der Waals surface area contributed by atoms with Gasteiger partial charge in [0.05, 0.1) is 25.5 Å². The number of hydrogen-bond donors (Lipinski definition) is 2. The maximum Gasteiger partial charge on any atom is 0.191 e. The summed E-state index contributed by atoms with van der Waals surface area (Å²) >= 11 is 1.65. The molecule has 1 saturated heterocycles. The number of aromatic nitrogens is 1. The number of aliphatic imine (C=N–C) groups is 1. The quantitative estimate of drug-likeness (QED) is 0.412. The number of hydrogen-bond acceptors (Lipinski definition) is 6. The van der Waals surface area contributed by atoms with Crippen LogP contribution in [-0.4, -0.2) is 75.9 Å². The molecular formula is C16H30N6OS. The molecule has 136 valence electrons. The molecule has 2 N–H and O–H groups in total. The third kappa shape index (κ3) is 6.62. The van der Waals surface area contributed by atoms with Crippen LogP contribution in [0.3, 0.4) is 0 Å². The van der Waals surface area contributed by atoms with Crippen molar-refractivity contribution in [3.8, 4) is 0 Å². The summed E-state index contributed by atoms with van der Waals surface area (Å²) in [4.78, 5) is 13.7. The van der Waals surface area contributed by atoms with Crippen molar-refractivity contribution >= 4 is 22.4 Å². The van der Waals surface area contributed by atoms with E-state index in [9.17, 15) is 0 Å². The molecule has 8 heteroatoms. The number of ether oxygens (including phenoxy) is 1. The summed E-state index contributed by atoms with van der Waals surface area (Å²) in [5, 5.41) is 9.79. The first-order valence-electron chi connectivity index (χ1n) is 8.63. The number of thiazole rings is 1. The van der Waals surface area contributed by atoms with Gasteiger partial charge in [0.2, 0.25) is 0 Å². The summed E-state index contributed by atoms with van der Waals surface area (Å²) in [5.74, 6) is 0.860. The second-order valence-electron chi connectivity index (χ2n) is 5.95. The van der Waals surface area contributed by atoms with Crippen molar-refractivity contribution in [3.05, 3.63) is 11.1 Å². The molecule has 0 bridgehead atoms. The van der Waals surface area contributed by atoms with Crippen LogP contribution in [0.1, 0.15) is 19.0 Å². The highest BCUT2D eigenvalue weighted by atomic mass is 32.1. The zero-order chi connectivity index (χ0) is 17.2. The van der Waals surface area contributed by atoms with Gasteiger partial charge in [-0.2, -0.15) is 0 Å². The number of morpholine rings is 1. The zero-order valence-electron chi connectivity index (χ0n) is 15.0. The van der Waals surface area contributed by atoms with Crippen molar-refractivity contribution in [1.82, 2.24) is 20.5 Å². The van der Waals surface area contributed by atoms with Crippen molar-refractivity contribution in [3.63, 3.8) is 0 Å². The molecular weight excluding hydrogens is 324 g/mol. The van der Waals surface area contributed by atoms with Gasteiger partial charge >= 0.3 is 0 Å². The van der Waals surface area contributed by atoms with Crippen molar-refractivity contribution in [1.29, 1.82) is 0 Å². The molecule has 0 amide bonds. The van der Waals surface area contributed by atoms with Crippen molar-refractivity contribution in [2.24, 2.45) is 4.99 Å². The van der Waals surface area contributed by atoms with Gasteiger partial charge in [-0.15, -0.1) is 11.3 Å². The van der Waals surface area contributed by atoms with Gasteiger partial charge in [0.1, 0.15) is 0 Å². The molecule has 0 aromatic carbocycles. The third-order valence-electron chi connectivity index (χ3n) is 3.71. The number of anilines is 1. The van der Waals surface area contributed by atoms with Crippen LogP contribution in [-0.2, 0) is 11.3 Å². The number of guanidine groups is 1. The molecule has 1 aliphatic rings. The predicted octanol–water partition coefficient (Wildman–Crippen LogP) is 0.987. The van der Waals surface area contributed by atoms with E-state index in [-0.39, 0.29) is 0 Å². The number of rotatable bonds is 8. The van der Waals surface area contributed by atoms with Crippen molar-refractivity contribution < 1.29 is 4.74 Å². The molecule has 0 saturated carbocycles. The van der Waals surface area contributed by atoms with Crippen LogP contribution in [0, 0.1) is 0 Å². The lowest BCUT2D eigenvalue weighted by Crippen LogP contribution is -2.40.